The van der Waals surface area contributed by atoms with Gasteiger partial charge in [-0.15, -0.1) is 0 Å². The molecule has 0 aliphatic carbocycles. The number of ketones is 1. The van der Waals surface area contributed by atoms with Crippen LogP contribution in [0.1, 0.15) is 24.5 Å². The summed E-state index contributed by atoms with van der Waals surface area (Å²) in [6.45, 7) is 4.40. The number of carbonyl (C=O) groups excluding carboxylic acids is 1. The molecule has 0 saturated heterocycles. The van der Waals surface area contributed by atoms with Gasteiger partial charge in [-0.05, 0) is 54.2 Å². The molecule has 0 spiro atoms. The molecule has 3 heteroatoms. The topological polar surface area (TPSA) is 29.5 Å². The number of ether oxygens (including phenoxy) is 1. The second-order valence-corrected chi connectivity index (χ2v) is 6.61. The summed E-state index contributed by atoms with van der Waals surface area (Å²) in [5, 5.41) is 0. The number of carbonyl (C=O) groups is 1. The first-order chi connectivity index (χ1) is 12.2. The van der Waals surface area contributed by atoms with Crippen molar-refractivity contribution >= 4 is 5.78 Å². The Bertz CT molecular complexity index is 765. The van der Waals surface area contributed by atoms with Crippen LogP contribution in [0.5, 0.6) is 5.75 Å². The van der Waals surface area contributed by atoms with E-state index in [-0.39, 0.29) is 5.78 Å². The van der Waals surface area contributed by atoms with Crippen molar-refractivity contribution < 1.29 is 9.53 Å². The average molecular weight is 335 g/mol. The van der Waals surface area contributed by atoms with E-state index < -0.39 is 0 Å². The predicted octanol–water partition coefficient (Wildman–Crippen LogP) is 4.03. The van der Waals surface area contributed by atoms with Gasteiger partial charge in [-0.2, -0.15) is 0 Å². The van der Waals surface area contributed by atoms with Gasteiger partial charge in [-0.3, -0.25) is 9.69 Å². The van der Waals surface area contributed by atoms with Crippen molar-refractivity contribution in [2.24, 2.45) is 0 Å². The van der Waals surface area contributed by atoms with Crippen LogP contribution in [0, 0.1) is 0 Å². The first-order valence-corrected chi connectivity index (χ1v) is 8.76. The fourth-order valence-electron chi connectivity index (χ4n) is 3.48. The molecule has 1 heterocycles. The highest BCUT2D eigenvalue weighted by molar-refractivity contribution is 5.94. The van der Waals surface area contributed by atoms with Crippen LogP contribution in [-0.4, -0.2) is 30.9 Å². The molecule has 0 unspecified atom stereocenters. The highest BCUT2D eigenvalue weighted by Gasteiger charge is 2.21. The molecule has 3 nitrogen and oxygen atoms in total. The van der Waals surface area contributed by atoms with E-state index in [9.17, 15) is 4.79 Å². The zero-order valence-corrected chi connectivity index (χ0v) is 15.0. The molecule has 0 atom stereocenters. The summed E-state index contributed by atoms with van der Waals surface area (Å²) in [7, 11) is 1.68. The smallest absolute Gasteiger partial charge is 0.155 e. The Morgan fingerprint density at radius 2 is 1.84 bits per heavy atom. The van der Waals surface area contributed by atoms with E-state index in [1.165, 1.54) is 16.7 Å². The summed E-state index contributed by atoms with van der Waals surface area (Å²) in [6, 6.07) is 18.6. The molecule has 3 rings (SSSR count). The van der Waals surface area contributed by atoms with Crippen molar-refractivity contribution in [1.82, 2.24) is 4.90 Å². The molecule has 0 amide bonds. The molecule has 0 saturated carbocycles. The van der Waals surface area contributed by atoms with Crippen LogP contribution in [-0.2, 0) is 17.8 Å². The third kappa shape index (κ3) is 4.58. The number of Topliss-reactive ketones (excluding diaryl/α,β-unsaturated/α-hetero) is 1. The van der Waals surface area contributed by atoms with E-state index >= 15 is 0 Å². The third-order valence-corrected chi connectivity index (χ3v) is 4.74. The van der Waals surface area contributed by atoms with Gasteiger partial charge in [0.25, 0.3) is 0 Å². The monoisotopic (exact) mass is 335 g/mol. The van der Waals surface area contributed by atoms with Gasteiger partial charge in [0.05, 0.1) is 7.11 Å². The standard InChI is InChI=1S/C22H25NO2/c1-17(24)22-11-12-23(15-18-7-4-3-5-8-18)16-20(22)13-19-9-6-10-21(14-19)25-2/h3-10,14H,11-13,15-16H2,1-2H3. The van der Waals surface area contributed by atoms with Crippen molar-refractivity contribution in [2.75, 3.05) is 20.2 Å². The Kier molecular flexibility index (Phi) is 5.67. The fourth-order valence-corrected chi connectivity index (χ4v) is 3.48. The SMILES string of the molecule is COc1cccc(CC2=C(C(C)=O)CCN(Cc3ccccc3)C2)c1. The predicted molar refractivity (Wildman–Crippen MR) is 101 cm³/mol. The van der Waals surface area contributed by atoms with Gasteiger partial charge in [0.1, 0.15) is 5.75 Å². The summed E-state index contributed by atoms with van der Waals surface area (Å²) >= 11 is 0. The van der Waals surface area contributed by atoms with E-state index in [0.29, 0.717) is 0 Å². The quantitative estimate of drug-likeness (QED) is 0.798. The second-order valence-electron chi connectivity index (χ2n) is 6.61. The van der Waals surface area contributed by atoms with Crippen LogP contribution in [0.25, 0.3) is 0 Å². The Morgan fingerprint density at radius 1 is 1.08 bits per heavy atom. The Balaban J connectivity index is 1.78. The van der Waals surface area contributed by atoms with Crippen molar-refractivity contribution in [3.63, 3.8) is 0 Å². The minimum absolute atomic E-state index is 0.206. The van der Waals surface area contributed by atoms with Crippen molar-refractivity contribution in [1.29, 1.82) is 0 Å². The van der Waals surface area contributed by atoms with Gasteiger partial charge in [0, 0.05) is 19.6 Å². The molecule has 0 bridgehead atoms. The maximum absolute atomic E-state index is 12.1. The first kappa shape index (κ1) is 17.4. The molecule has 2 aromatic carbocycles. The van der Waals surface area contributed by atoms with Crippen molar-refractivity contribution in [3.05, 3.63) is 76.9 Å². The molecule has 2 aromatic rings. The molecule has 0 N–H and O–H groups in total. The van der Waals surface area contributed by atoms with Crippen LogP contribution < -0.4 is 4.74 Å². The first-order valence-electron chi connectivity index (χ1n) is 8.76. The van der Waals surface area contributed by atoms with Gasteiger partial charge >= 0.3 is 0 Å². The Labute approximate surface area is 149 Å². The van der Waals surface area contributed by atoms with Gasteiger partial charge in [-0.1, -0.05) is 42.5 Å². The van der Waals surface area contributed by atoms with Crippen molar-refractivity contribution in [3.8, 4) is 5.75 Å². The van der Waals surface area contributed by atoms with Crippen LogP contribution in [0.4, 0.5) is 0 Å². The molecule has 0 fully saturated rings. The zero-order chi connectivity index (χ0) is 17.6. The van der Waals surface area contributed by atoms with Crippen LogP contribution >= 0.6 is 0 Å². The van der Waals surface area contributed by atoms with Gasteiger partial charge in [0.2, 0.25) is 0 Å². The number of benzene rings is 2. The van der Waals surface area contributed by atoms with Crippen LogP contribution in [0.3, 0.4) is 0 Å². The fraction of sp³-hybridized carbons (Fsp3) is 0.318. The van der Waals surface area contributed by atoms with E-state index in [1.807, 2.05) is 18.2 Å². The number of methoxy groups -OCH3 is 1. The summed E-state index contributed by atoms with van der Waals surface area (Å²) in [6.07, 6.45) is 1.64. The minimum atomic E-state index is 0.206. The third-order valence-electron chi connectivity index (χ3n) is 4.74. The molecule has 1 aliphatic rings. The highest BCUT2D eigenvalue weighted by atomic mass is 16.5. The molecule has 25 heavy (non-hydrogen) atoms. The zero-order valence-electron chi connectivity index (χ0n) is 15.0. The maximum atomic E-state index is 12.1. The molecule has 1 aliphatic heterocycles. The summed E-state index contributed by atoms with van der Waals surface area (Å²) < 4.78 is 5.33. The molecule has 130 valence electrons. The Morgan fingerprint density at radius 3 is 2.56 bits per heavy atom. The normalized spacial score (nSPS) is 15.3. The number of hydrogen-bond donors (Lipinski definition) is 0. The molecule has 0 radical (unpaired) electrons. The highest BCUT2D eigenvalue weighted by Crippen LogP contribution is 2.25. The molecule has 0 aromatic heterocycles. The average Bonchev–Trinajstić information content (AvgIpc) is 2.63. The minimum Gasteiger partial charge on any atom is -0.497 e. The maximum Gasteiger partial charge on any atom is 0.155 e. The van der Waals surface area contributed by atoms with Crippen molar-refractivity contribution in [2.45, 2.75) is 26.3 Å². The van der Waals surface area contributed by atoms with E-state index in [2.05, 4.69) is 41.3 Å². The van der Waals surface area contributed by atoms with Crippen LogP contribution in [0.2, 0.25) is 0 Å². The number of nitrogens with zero attached hydrogens (tertiary/aromatic N) is 1. The van der Waals surface area contributed by atoms with E-state index in [0.717, 1.165) is 43.8 Å². The molecular formula is C22H25NO2. The van der Waals surface area contributed by atoms with Crippen LogP contribution in [0.15, 0.2) is 65.7 Å². The van der Waals surface area contributed by atoms with E-state index in [4.69, 9.17) is 4.74 Å². The van der Waals surface area contributed by atoms with E-state index in [1.54, 1.807) is 14.0 Å². The summed E-state index contributed by atoms with van der Waals surface area (Å²) in [5.74, 6) is 1.07. The van der Waals surface area contributed by atoms with Gasteiger partial charge in [0.15, 0.2) is 5.78 Å². The lowest BCUT2D eigenvalue weighted by Gasteiger charge is -2.30. The van der Waals surface area contributed by atoms with Gasteiger partial charge in [-0.25, -0.2) is 0 Å². The Hall–Kier alpha value is -2.39. The summed E-state index contributed by atoms with van der Waals surface area (Å²) in [4.78, 5) is 14.5. The number of rotatable bonds is 6. The lowest BCUT2D eigenvalue weighted by atomic mass is 9.92. The lowest BCUT2D eigenvalue weighted by Crippen LogP contribution is -2.33. The summed E-state index contributed by atoms with van der Waals surface area (Å²) in [5.41, 5.74) is 4.75. The largest absolute Gasteiger partial charge is 0.497 e. The molecular weight excluding hydrogens is 310 g/mol. The number of hydrogen-bond acceptors (Lipinski definition) is 3. The second kappa shape index (κ2) is 8.13. The lowest BCUT2D eigenvalue weighted by molar-refractivity contribution is -0.114. The van der Waals surface area contributed by atoms with Gasteiger partial charge < -0.3 is 4.74 Å².